The molecule has 0 aliphatic heterocycles. The third-order valence-electron chi connectivity index (χ3n) is 6.10. The Kier molecular flexibility index (Phi) is 155. The number of carbonyl (C=O) groups is 16. The van der Waals surface area contributed by atoms with Gasteiger partial charge in [0.1, 0.15) is 39.6 Å². The first-order valence-electron chi connectivity index (χ1n) is 23.2. The van der Waals surface area contributed by atoms with E-state index in [0.717, 1.165) is 0 Å². The van der Waals surface area contributed by atoms with Gasteiger partial charge in [-0.05, 0) is 20.3 Å². The number of ether oxygens (including phenoxy) is 20. The summed E-state index contributed by atoms with van der Waals surface area (Å²) in [4.78, 5) is 155. The molecular weight excluding hydrogens is 1330 g/mol. The highest BCUT2D eigenvalue weighted by atomic mass is 16.7. The number of aliphatic carboxylic acids is 8. The molecule has 0 heterocycles. The van der Waals surface area contributed by atoms with Crippen molar-refractivity contribution in [2.75, 3.05) is 147 Å². The van der Waals surface area contributed by atoms with Crippen molar-refractivity contribution in [1.82, 2.24) is 0 Å². The van der Waals surface area contributed by atoms with Crippen LogP contribution in [0.3, 0.4) is 0 Å². The van der Waals surface area contributed by atoms with Crippen molar-refractivity contribution in [2.24, 2.45) is 0 Å². The van der Waals surface area contributed by atoms with E-state index in [-0.39, 0.29) is 218 Å². The zero-order chi connectivity index (χ0) is 68.5. The summed E-state index contributed by atoms with van der Waals surface area (Å²) in [6.45, 7) is 2.91. The molecule has 8 N–H and O–H groups in total. The van der Waals surface area contributed by atoms with Gasteiger partial charge in [0.15, 0.2) is 53.7 Å². The molecule has 0 amide bonds. The SMILES string of the molecule is C.C.C.C.C.C.C.C.CC(OC=O)OCC(=O)O.CC(OCOC=O)C(=O)O.O=COCOCC(=O)O.O=COCOCC(=O)O.O=COCOCCOCC(=O)O.O=COCOCCOCC(=O)O.O=COCOCCOCC(=O)O.O=COCOCCOCCCC(=O)O. The van der Waals surface area contributed by atoms with Crippen LogP contribution in [0, 0.1) is 0 Å². The fourth-order valence-corrected chi connectivity index (χ4v) is 2.87. The number of carboxylic acid groups (broad SMARTS) is 8. The van der Waals surface area contributed by atoms with Crippen LogP contribution in [0.25, 0.3) is 0 Å². The average Bonchev–Trinajstić information content (AvgIpc) is 3.70. The van der Waals surface area contributed by atoms with Gasteiger partial charge in [0.2, 0.25) is 6.29 Å². The number of hydrogen-bond acceptors (Lipinski definition) is 36. The smallest absolute Gasteiger partial charge is 0.332 e. The van der Waals surface area contributed by atoms with Crippen LogP contribution in [0.2, 0.25) is 0 Å². The molecule has 2 unspecified atom stereocenters. The van der Waals surface area contributed by atoms with Gasteiger partial charge in [-0.15, -0.1) is 0 Å². The summed E-state index contributed by atoms with van der Waals surface area (Å²) in [5.41, 5.74) is 0. The fraction of sp³-hybridized carbons (Fsp3) is 0.692. The third-order valence-corrected chi connectivity index (χ3v) is 6.10. The Morgan fingerprint density at radius 1 is 0.281 bits per heavy atom. The van der Waals surface area contributed by atoms with Gasteiger partial charge in [0, 0.05) is 13.0 Å². The fourth-order valence-electron chi connectivity index (χ4n) is 2.87. The maximum Gasteiger partial charge on any atom is 0.332 e. The van der Waals surface area contributed by atoms with Crippen molar-refractivity contribution >= 4 is 99.5 Å². The molecule has 0 bridgehead atoms. The lowest BCUT2D eigenvalue weighted by molar-refractivity contribution is -0.169. The highest BCUT2D eigenvalue weighted by Crippen LogP contribution is 1.92. The molecule has 0 saturated heterocycles. The molecule has 0 aliphatic carbocycles. The van der Waals surface area contributed by atoms with E-state index in [1.54, 1.807) is 0 Å². The quantitative estimate of drug-likeness (QED) is 0.0177. The first-order chi connectivity index (χ1) is 42.0. The Hall–Kier alpha value is -8.96. The van der Waals surface area contributed by atoms with E-state index < -0.39 is 80.0 Å². The summed E-state index contributed by atoms with van der Waals surface area (Å²) < 4.78 is 88.4. The zero-order valence-corrected chi connectivity index (χ0v) is 47.0. The summed E-state index contributed by atoms with van der Waals surface area (Å²) in [6.07, 6.45) is -1.15. The van der Waals surface area contributed by atoms with E-state index in [1.165, 1.54) is 13.8 Å². The van der Waals surface area contributed by atoms with Crippen molar-refractivity contribution in [3.63, 3.8) is 0 Å². The van der Waals surface area contributed by atoms with Gasteiger partial charge < -0.3 is 136 Å². The Labute approximate surface area is 556 Å². The van der Waals surface area contributed by atoms with Crippen LogP contribution in [-0.2, 0) is 171 Å². The standard InChI is InChI=1S/C8H14O6.3C6H10O6.2C5H8O5.2C4H6O5.8CH4/c9-6-14-7-13-5-4-12-3-1-2-8(10)11;3*7-4-12-5-11-2-1-10-3-6(8)9;1-4(5(7)8)10-3-9-2-6;1-4(10-3-6)9-2-5(7)8;2*5-2-9-3-8-1-4(6)7;;;;;;;;/h6H,1-5,7H2,(H,10,11);3*4H,1-3,5H2,(H,8,9);2,4H,3H2,1H3,(H,7,8);3-4H,2H2,1H3,(H,7,8);2*2H,1,3H2,(H,6,7);8*1H4. The van der Waals surface area contributed by atoms with E-state index >= 15 is 0 Å². The predicted octanol–water partition coefficient (Wildman–Crippen LogP) is 0.457. The van der Waals surface area contributed by atoms with Gasteiger partial charge in [-0.1, -0.05) is 59.4 Å². The molecule has 0 spiro atoms. The van der Waals surface area contributed by atoms with Crippen LogP contribution < -0.4 is 0 Å². The molecule has 2 atom stereocenters. The third kappa shape index (κ3) is 178. The van der Waals surface area contributed by atoms with Crippen molar-refractivity contribution in [3.05, 3.63) is 0 Å². The molecule has 96 heavy (non-hydrogen) atoms. The number of carboxylic acids is 8. The Bertz CT molecular complexity index is 1640. The second-order valence-corrected chi connectivity index (χ2v) is 12.9. The summed E-state index contributed by atoms with van der Waals surface area (Å²) in [6, 6.07) is 0. The largest absolute Gasteiger partial charge is 0.481 e. The molecule has 0 aromatic heterocycles. The lowest BCUT2D eigenvalue weighted by Crippen LogP contribution is -2.20. The highest BCUT2D eigenvalue weighted by Gasteiger charge is 2.10. The minimum atomic E-state index is -1.10. The molecule has 44 nitrogen and oxygen atoms in total. The second kappa shape index (κ2) is 117. The minimum Gasteiger partial charge on any atom is -0.481 e. The molecule has 0 aliphatic rings. The maximum atomic E-state index is 10.1. The van der Waals surface area contributed by atoms with Crippen LogP contribution in [0.5, 0.6) is 0 Å². The van der Waals surface area contributed by atoms with E-state index in [2.05, 4.69) is 85.3 Å². The van der Waals surface area contributed by atoms with Crippen LogP contribution >= 0.6 is 0 Å². The van der Waals surface area contributed by atoms with Crippen LogP contribution in [0.1, 0.15) is 86.1 Å². The normalized spacial score (nSPS) is 9.02. The monoisotopic (exact) mass is 1430 g/mol. The van der Waals surface area contributed by atoms with Crippen molar-refractivity contribution in [1.29, 1.82) is 0 Å². The number of hydrogen-bond donors (Lipinski definition) is 8. The van der Waals surface area contributed by atoms with Gasteiger partial charge in [-0.2, -0.15) is 0 Å². The topological polar surface area (TPSA) is 620 Å². The van der Waals surface area contributed by atoms with Gasteiger partial charge in [-0.3, -0.25) is 43.2 Å². The Balaban J connectivity index is -0.0000000540. The predicted molar refractivity (Wildman–Crippen MR) is 320 cm³/mol. The average molecular weight is 1430 g/mol. The lowest BCUT2D eigenvalue weighted by Gasteiger charge is -2.07. The molecular formula is C52H104O44. The summed E-state index contributed by atoms with van der Waals surface area (Å²) in [7, 11) is 0. The molecule has 0 fully saturated rings. The molecule has 0 aromatic carbocycles. The summed E-state index contributed by atoms with van der Waals surface area (Å²) in [5, 5.41) is 64.8. The molecule has 0 rings (SSSR count). The number of rotatable bonds is 54. The Morgan fingerprint density at radius 3 is 0.760 bits per heavy atom. The van der Waals surface area contributed by atoms with E-state index in [1.807, 2.05) is 0 Å². The minimum absolute atomic E-state index is 0. The van der Waals surface area contributed by atoms with Crippen molar-refractivity contribution in [2.45, 2.75) is 98.5 Å². The van der Waals surface area contributed by atoms with Gasteiger partial charge in [0.25, 0.3) is 51.8 Å². The highest BCUT2D eigenvalue weighted by molar-refractivity contribution is 5.71. The van der Waals surface area contributed by atoms with Crippen molar-refractivity contribution in [3.8, 4) is 0 Å². The Morgan fingerprint density at radius 2 is 0.521 bits per heavy atom. The lowest BCUT2D eigenvalue weighted by atomic mass is 10.3. The van der Waals surface area contributed by atoms with E-state index in [9.17, 15) is 76.7 Å². The second-order valence-electron chi connectivity index (χ2n) is 12.9. The number of carbonyl (C=O) groups excluding carboxylic acids is 8. The molecule has 0 radical (unpaired) electrons. The van der Waals surface area contributed by atoms with E-state index in [4.69, 9.17) is 50.3 Å². The molecule has 0 saturated carbocycles. The van der Waals surface area contributed by atoms with Gasteiger partial charge in [-0.25, -0.2) is 33.6 Å². The van der Waals surface area contributed by atoms with Crippen LogP contribution in [0.15, 0.2) is 0 Å². The van der Waals surface area contributed by atoms with Crippen LogP contribution in [-0.4, -0.2) is 299 Å². The van der Waals surface area contributed by atoms with Crippen LogP contribution in [0.4, 0.5) is 0 Å². The first-order valence-corrected chi connectivity index (χ1v) is 23.2. The van der Waals surface area contributed by atoms with Crippen molar-refractivity contribution < 1.29 is 212 Å². The van der Waals surface area contributed by atoms with E-state index in [0.29, 0.717) is 32.7 Å². The molecule has 44 heteroatoms. The van der Waals surface area contributed by atoms with Gasteiger partial charge in [0.05, 0.1) is 52.9 Å². The molecule has 0 aromatic rings. The maximum absolute atomic E-state index is 10.1. The van der Waals surface area contributed by atoms with Gasteiger partial charge >= 0.3 is 47.8 Å². The molecule has 576 valence electrons. The first kappa shape index (κ1) is 128. The summed E-state index contributed by atoms with van der Waals surface area (Å²) >= 11 is 0. The summed E-state index contributed by atoms with van der Waals surface area (Å²) in [5.74, 6) is -8.29. The zero-order valence-electron chi connectivity index (χ0n) is 47.0.